The molecule has 0 aliphatic heterocycles. The van der Waals surface area contributed by atoms with Gasteiger partial charge in [-0.05, 0) is 30.7 Å². The van der Waals surface area contributed by atoms with Crippen LogP contribution in [0.3, 0.4) is 0 Å². The van der Waals surface area contributed by atoms with Crippen LogP contribution in [0.5, 0.6) is 5.75 Å². The van der Waals surface area contributed by atoms with Crippen LogP contribution in [0.25, 0.3) is 0 Å². The predicted octanol–water partition coefficient (Wildman–Crippen LogP) is 3.78. The van der Waals surface area contributed by atoms with E-state index in [1.807, 2.05) is 6.92 Å². The zero-order valence-corrected chi connectivity index (χ0v) is 10.8. The standard InChI is InChI=1S/C15H14F3NO/c1-9-2-7-13(16)12(8-9)14(19)10-3-5-11(6-4-10)20-15(17)18/h2-8,14-15H,19H2,1H3. The van der Waals surface area contributed by atoms with Gasteiger partial charge < -0.3 is 10.5 Å². The average molecular weight is 281 g/mol. The summed E-state index contributed by atoms with van der Waals surface area (Å²) in [5, 5.41) is 0. The molecular formula is C15H14F3NO. The Morgan fingerprint density at radius 3 is 2.30 bits per heavy atom. The van der Waals surface area contributed by atoms with E-state index in [-0.39, 0.29) is 5.75 Å². The lowest BCUT2D eigenvalue weighted by molar-refractivity contribution is -0.0498. The highest BCUT2D eigenvalue weighted by Crippen LogP contribution is 2.25. The molecule has 2 rings (SSSR count). The van der Waals surface area contributed by atoms with E-state index in [1.165, 1.54) is 18.2 Å². The van der Waals surface area contributed by atoms with Crippen LogP contribution in [0.1, 0.15) is 22.7 Å². The molecule has 106 valence electrons. The van der Waals surface area contributed by atoms with Gasteiger partial charge in [-0.1, -0.05) is 29.8 Å². The number of alkyl halides is 2. The second-order valence-electron chi connectivity index (χ2n) is 4.45. The van der Waals surface area contributed by atoms with Gasteiger partial charge in [-0.2, -0.15) is 8.78 Å². The van der Waals surface area contributed by atoms with Gasteiger partial charge in [-0.15, -0.1) is 0 Å². The minimum absolute atomic E-state index is 0.0423. The molecule has 0 bridgehead atoms. The maximum Gasteiger partial charge on any atom is 0.387 e. The Balaban J connectivity index is 2.24. The molecule has 0 saturated heterocycles. The van der Waals surface area contributed by atoms with Crippen molar-refractivity contribution in [2.45, 2.75) is 19.6 Å². The first-order valence-electron chi connectivity index (χ1n) is 6.04. The fraction of sp³-hybridized carbons (Fsp3) is 0.200. The molecule has 0 aromatic heterocycles. The first-order chi connectivity index (χ1) is 9.47. The summed E-state index contributed by atoms with van der Waals surface area (Å²) in [5.41, 5.74) is 7.90. The van der Waals surface area contributed by atoms with Crippen LogP contribution in [0.15, 0.2) is 42.5 Å². The molecule has 0 aliphatic carbocycles. The summed E-state index contributed by atoms with van der Waals surface area (Å²) < 4.78 is 42.1. The van der Waals surface area contributed by atoms with Crippen molar-refractivity contribution in [3.8, 4) is 5.75 Å². The molecule has 0 saturated carbocycles. The first-order valence-corrected chi connectivity index (χ1v) is 6.04. The van der Waals surface area contributed by atoms with Crippen LogP contribution in [0, 0.1) is 12.7 Å². The Hall–Kier alpha value is -2.01. The molecule has 0 amide bonds. The summed E-state index contributed by atoms with van der Waals surface area (Å²) in [6, 6.07) is 9.89. The molecule has 20 heavy (non-hydrogen) atoms. The van der Waals surface area contributed by atoms with Gasteiger partial charge in [-0.3, -0.25) is 0 Å². The summed E-state index contributed by atoms with van der Waals surface area (Å²) >= 11 is 0. The van der Waals surface area contributed by atoms with Gasteiger partial charge in [0.15, 0.2) is 0 Å². The van der Waals surface area contributed by atoms with E-state index in [9.17, 15) is 13.2 Å². The zero-order valence-electron chi connectivity index (χ0n) is 10.8. The second-order valence-corrected chi connectivity index (χ2v) is 4.45. The Bertz CT molecular complexity index is 584. The molecular weight excluding hydrogens is 267 g/mol. The number of nitrogens with two attached hydrogens (primary N) is 1. The van der Waals surface area contributed by atoms with Crippen LogP contribution in [-0.2, 0) is 0 Å². The van der Waals surface area contributed by atoms with E-state index in [1.54, 1.807) is 24.3 Å². The topological polar surface area (TPSA) is 35.2 Å². The van der Waals surface area contributed by atoms with Crippen LogP contribution in [0.4, 0.5) is 13.2 Å². The third-order valence-electron chi connectivity index (χ3n) is 2.95. The molecule has 1 unspecified atom stereocenters. The van der Waals surface area contributed by atoms with Crippen molar-refractivity contribution in [1.82, 2.24) is 0 Å². The van der Waals surface area contributed by atoms with Crippen molar-refractivity contribution in [1.29, 1.82) is 0 Å². The number of hydrogen-bond acceptors (Lipinski definition) is 2. The van der Waals surface area contributed by atoms with Crippen LogP contribution in [-0.4, -0.2) is 6.61 Å². The molecule has 0 radical (unpaired) electrons. The largest absolute Gasteiger partial charge is 0.435 e. The molecule has 2 aromatic carbocycles. The predicted molar refractivity (Wildman–Crippen MR) is 70.2 cm³/mol. The van der Waals surface area contributed by atoms with Crippen molar-refractivity contribution >= 4 is 0 Å². The Labute approximate surface area is 115 Å². The highest BCUT2D eigenvalue weighted by atomic mass is 19.3. The highest BCUT2D eigenvalue weighted by Gasteiger charge is 2.14. The summed E-state index contributed by atoms with van der Waals surface area (Å²) in [7, 11) is 0. The Morgan fingerprint density at radius 1 is 1.05 bits per heavy atom. The summed E-state index contributed by atoms with van der Waals surface area (Å²) in [6.45, 7) is -1.03. The summed E-state index contributed by atoms with van der Waals surface area (Å²) in [4.78, 5) is 0. The van der Waals surface area contributed by atoms with E-state index < -0.39 is 18.5 Å². The monoisotopic (exact) mass is 281 g/mol. The molecule has 2 N–H and O–H groups in total. The molecule has 5 heteroatoms. The summed E-state index contributed by atoms with van der Waals surface area (Å²) in [6.07, 6.45) is 0. The minimum Gasteiger partial charge on any atom is -0.435 e. The molecule has 0 aliphatic rings. The number of aryl methyl sites for hydroxylation is 1. The van der Waals surface area contributed by atoms with Crippen molar-refractivity contribution < 1.29 is 17.9 Å². The molecule has 2 aromatic rings. The van der Waals surface area contributed by atoms with Crippen molar-refractivity contribution in [3.05, 3.63) is 65.0 Å². The van der Waals surface area contributed by atoms with Crippen molar-refractivity contribution in [3.63, 3.8) is 0 Å². The first kappa shape index (κ1) is 14.4. The molecule has 2 nitrogen and oxygen atoms in total. The Kier molecular flexibility index (Phi) is 4.29. The van der Waals surface area contributed by atoms with Crippen LogP contribution < -0.4 is 10.5 Å². The normalized spacial score (nSPS) is 12.5. The minimum atomic E-state index is -2.87. The van der Waals surface area contributed by atoms with E-state index in [4.69, 9.17) is 5.73 Å². The van der Waals surface area contributed by atoms with Gasteiger partial charge >= 0.3 is 6.61 Å². The van der Waals surface area contributed by atoms with Gasteiger partial charge in [-0.25, -0.2) is 4.39 Å². The van der Waals surface area contributed by atoms with Gasteiger partial charge in [0.1, 0.15) is 11.6 Å². The number of benzene rings is 2. The van der Waals surface area contributed by atoms with Crippen molar-refractivity contribution in [2.75, 3.05) is 0 Å². The lowest BCUT2D eigenvalue weighted by Gasteiger charge is -2.15. The van der Waals surface area contributed by atoms with E-state index >= 15 is 0 Å². The quantitative estimate of drug-likeness (QED) is 0.925. The second kappa shape index (κ2) is 5.96. The third-order valence-corrected chi connectivity index (χ3v) is 2.95. The van der Waals surface area contributed by atoms with Crippen molar-refractivity contribution in [2.24, 2.45) is 5.73 Å². The summed E-state index contributed by atoms with van der Waals surface area (Å²) in [5.74, 6) is -0.350. The number of halogens is 3. The Morgan fingerprint density at radius 2 is 1.70 bits per heavy atom. The van der Waals surface area contributed by atoms with Gasteiger partial charge in [0.25, 0.3) is 0 Å². The van der Waals surface area contributed by atoms with Gasteiger partial charge in [0.05, 0.1) is 6.04 Å². The number of hydrogen-bond donors (Lipinski definition) is 1. The lowest BCUT2D eigenvalue weighted by atomic mass is 9.97. The SMILES string of the molecule is Cc1ccc(F)c(C(N)c2ccc(OC(F)F)cc2)c1. The maximum atomic E-state index is 13.8. The van der Waals surface area contributed by atoms with E-state index in [0.29, 0.717) is 11.1 Å². The third kappa shape index (κ3) is 3.30. The fourth-order valence-corrected chi connectivity index (χ4v) is 1.94. The van der Waals surface area contributed by atoms with Crippen LogP contribution >= 0.6 is 0 Å². The zero-order chi connectivity index (χ0) is 14.7. The molecule has 0 spiro atoms. The maximum absolute atomic E-state index is 13.8. The molecule has 0 fully saturated rings. The van der Waals surface area contributed by atoms with Crippen LogP contribution in [0.2, 0.25) is 0 Å². The fourth-order valence-electron chi connectivity index (χ4n) is 1.94. The molecule has 0 heterocycles. The van der Waals surface area contributed by atoms with Gasteiger partial charge in [0, 0.05) is 5.56 Å². The number of rotatable bonds is 4. The van der Waals surface area contributed by atoms with E-state index in [0.717, 1.165) is 5.56 Å². The van der Waals surface area contributed by atoms with Gasteiger partial charge in [0.2, 0.25) is 0 Å². The molecule has 1 atom stereocenters. The van der Waals surface area contributed by atoms with E-state index in [2.05, 4.69) is 4.74 Å². The smallest absolute Gasteiger partial charge is 0.387 e. The highest BCUT2D eigenvalue weighted by molar-refractivity contribution is 5.37. The number of ether oxygens (including phenoxy) is 1. The lowest BCUT2D eigenvalue weighted by Crippen LogP contribution is -2.14. The average Bonchev–Trinajstić information content (AvgIpc) is 2.41.